The molecule has 0 aliphatic rings. The maximum atomic E-state index is 12.5. The Hall–Kier alpha value is -1.37. The Morgan fingerprint density at radius 2 is 2.05 bits per heavy atom. The maximum absolute atomic E-state index is 12.5. The number of halogens is 1. The second-order valence-electron chi connectivity index (χ2n) is 4.67. The van der Waals surface area contributed by atoms with Crippen molar-refractivity contribution in [3.8, 4) is 0 Å². The molecule has 1 amide bonds. The number of aryl methyl sites for hydroxylation is 1. The van der Waals surface area contributed by atoms with Crippen LogP contribution in [0.3, 0.4) is 0 Å². The van der Waals surface area contributed by atoms with Gasteiger partial charge in [-0.3, -0.25) is 4.79 Å². The van der Waals surface area contributed by atoms with E-state index in [2.05, 4.69) is 20.9 Å². The molecule has 1 aromatic heterocycles. The Morgan fingerprint density at radius 3 is 2.82 bits per heavy atom. The van der Waals surface area contributed by atoms with Crippen molar-refractivity contribution in [2.24, 2.45) is 12.0 Å². The van der Waals surface area contributed by atoms with Crippen molar-refractivity contribution in [2.45, 2.75) is 4.90 Å². The summed E-state index contributed by atoms with van der Waals surface area (Å²) < 4.78 is 4.07. The van der Waals surface area contributed by atoms with Crippen molar-refractivity contribution in [3.05, 3.63) is 57.3 Å². The summed E-state index contributed by atoms with van der Waals surface area (Å²) in [6.45, 7) is 0. The maximum Gasteiger partial charge on any atom is 0.280 e. The van der Waals surface area contributed by atoms with Gasteiger partial charge in [-0.15, -0.1) is 11.8 Å². The second kappa shape index (κ2) is 6.40. The third-order valence-electron chi connectivity index (χ3n) is 3.31. The lowest BCUT2D eigenvalue weighted by Crippen LogP contribution is -2.13. The highest BCUT2D eigenvalue weighted by molar-refractivity contribution is 9.10. The van der Waals surface area contributed by atoms with Gasteiger partial charge in [-0.25, -0.2) is 0 Å². The van der Waals surface area contributed by atoms with Crippen molar-refractivity contribution < 1.29 is 4.79 Å². The largest absolute Gasteiger partial charge is 0.319 e. The molecule has 0 radical (unpaired) electrons. The Labute approximate surface area is 144 Å². The number of rotatable bonds is 2. The zero-order valence-corrected chi connectivity index (χ0v) is 15.3. The zero-order chi connectivity index (χ0) is 15.7. The van der Waals surface area contributed by atoms with Gasteiger partial charge in [0.15, 0.2) is 4.80 Å². The van der Waals surface area contributed by atoms with E-state index in [1.807, 2.05) is 60.3 Å². The fourth-order valence-electron chi connectivity index (χ4n) is 2.18. The summed E-state index contributed by atoms with van der Waals surface area (Å²) in [4.78, 5) is 18.5. The predicted molar refractivity (Wildman–Crippen MR) is 96.6 cm³/mol. The molecule has 0 aliphatic carbocycles. The number of thiazole rings is 1. The number of nitrogens with zero attached hydrogens (tertiary/aromatic N) is 2. The molecule has 0 atom stereocenters. The van der Waals surface area contributed by atoms with Crippen molar-refractivity contribution in [1.29, 1.82) is 0 Å². The molecule has 6 heteroatoms. The lowest BCUT2D eigenvalue weighted by Gasteiger charge is -2.02. The molecule has 0 fully saturated rings. The topological polar surface area (TPSA) is 34.4 Å². The number of amides is 1. The summed E-state index contributed by atoms with van der Waals surface area (Å²) in [5.74, 6) is -0.203. The van der Waals surface area contributed by atoms with Gasteiger partial charge in [0.05, 0.1) is 15.8 Å². The summed E-state index contributed by atoms with van der Waals surface area (Å²) in [7, 11) is 1.93. The summed E-state index contributed by atoms with van der Waals surface area (Å²) in [5.41, 5.74) is 1.71. The van der Waals surface area contributed by atoms with Gasteiger partial charge in [-0.05, 0) is 36.6 Å². The van der Waals surface area contributed by atoms with Gasteiger partial charge >= 0.3 is 0 Å². The van der Waals surface area contributed by atoms with Gasteiger partial charge in [0.2, 0.25) is 0 Å². The Kier molecular flexibility index (Phi) is 4.52. The molecule has 3 rings (SSSR count). The Bertz CT molecular complexity index is 927. The first-order chi connectivity index (χ1) is 10.6. The summed E-state index contributed by atoms with van der Waals surface area (Å²) in [5, 5.41) is 0. The molecule has 1 heterocycles. The summed E-state index contributed by atoms with van der Waals surface area (Å²) in [6, 6.07) is 13.6. The molecule has 3 nitrogen and oxygen atoms in total. The standard InChI is InChI=1S/C16H13BrN2OS2/c1-19-12-8-7-10(17)9-14(12)22-16(19)18-15(20)11-5-3-4-6-13(11)21-2/h3-9H,1-2H3. The first-order valence-corrected chi connectivity index (χ1v) is 9.40. The molecular formula is C16H13BrN2OS2. The van der Waals surface area contributed by atoms with Crippen LogP contribution in [0, 0.1) is 0 Å². The number of hydrogen-bond acceptors (Lipinski definition) is 3. The van der Waals surface area contributed by atoms with Gasteiger partial charge in [0.25, 0.3) is 5.91 Å². The number of fused-ring (bicyclic) bond motifs is 1. The molecule has 0 saturated heterocycles. The van der Waals surface area contributed by atoms with Crippen LogP contribution >= 0.6 is 39.0 Å². The number of carbonyl (C=O) groups is 1. The molecule has 0 saturated carbocycles. The monoisotopic (exact) mass is 392 g/mol. The van der Waals surface area contributed by atoms with Gasteiger partial charge in [-0.2, -0.15) is 4.99 Å². The molecule has 0 aliphatic heterocycles. The van der Waals surface area contributed by atoms with E-state index in [9.17, 15) is 4.79 Å². The highest BCUT2D eigenvalue weighted by Gasteiger charge is 2.10. The molecule has 0 unspecified atom stereocenters. The van der Waals surface area contributed by atoms with E-state index >= 15 is 0 Å². The van der Waals surface area contributed by atoms with Crippen LogP contribution in [0.2, 0.25) is 0 Å². The molecule has 112 valence electrons. The van der Waals surface area contributed by atoms with E-state index in [1.54, 1.807) is 11.8 Å². The molecular weight excluding hydrogens is 380 g/mol. The average molecular weight is 393 g/mol. The number of thioether (sulfide) groups is 1. The lowest BCUT2D eigenvalue weighted by molar-refractivity contribution is 0.0995. The van der Waals surface area contributed by atoms with Gasteiger partial charge in [-0.1, -0.05) is 39.4 Å². The minimum Gasteiger partial charge on any atom is -0.319 e. The van der Waals surface area contributed by atoms with Crippen molar-refractivity contribution in [3.63, 3.8) is 0 Å². The van der Waals surface area contributed by atoms with Crippen LogP contribution in [0.1, 0.15) is 10.4 Å². The smallest absolute Gasteiger partial charge is 0.280 e. The highest BCUT2D eigenvalue weighted by atomic mass is 79.9. The third kappa shape index (κ3) is 2.91. The molecule has 0 bridgehead atoms. The van der Waals surface area contributed by atoms with Gasteiger partial charge in [0, 0.05) is 16.4 Å². The van der Waals surface area contributed by atoms with Crippen molar-refractivity contribution >= 4 is 55.2 Å². The zero-order valence-electron chi connectivity index (χ0n) is 12.0. The summed E-state index contributed by atoms with van der Waals surface area (Å²) in [6.07, 6.45) is 1.96. The Balaban J connectivity index is 2.12. The fourth-order valence-corrected chi connectivity index (χ4v) is 4.34. The predicted octanol–water partition coefficient (Wildman–Crippen LogP) is 4.47. The molecule has 0 N–H and O–H groups in total. The molecule has 22 heavy (non-hydrogen) atoms. The van der Waals surface area contributed by atoms with Crippen molar-refractivity contribution in [1.82, 2.24) is 4.57 Å². The average Bonchev–Trinajstić information content (AvgIpc) is 2.82. The summed E-state index contributed by atoms with van der Waals surface area (Å²) >= 11 is 6.54. The minimum atomic E-state index is -0.203. The van der Waals surface area contributed by atoms with E-state index in [-0.39, 0.29) is 5.91 Å². The van der Waals surface area contributed by atoms with E-state index in [4.69, 9.17) is 0 Å². The Morgan fingerprint density at radius 1 is 1.27 bits per heavy atom. The van der Waals surface area contributed by atoms with Crippen LogP contribution < -0.4 is 4.80 Å². The number of aromatic nitrogens is 1. The van der Waals surface area contributed by atoms with E-state index < -0.39 is 0 Å². The third-order valence-corrected chi connectivity index (χ3v) is 5.69. The van der Waals surface area contributed by atoms with Crippen LogP contribution in [-0.2, 0) is 7.05 Å². The lowest BCUT2D eigenvalue weighted by atomic mass is 10.2. The number of carbonyl (C=O) groups excluding carboxylic acids is 1. The number of hydrogen-bond donors (Lipinski definition) is 0. The van der Waals surface area contributed by atoms with Gasteiger partial charge in [0.1, 0.15) is 0 Å². The highest BCUT2D eigenvalue weighted by Crippen LogP contribution is 2.23. The van der Waals surface area contributed by atoms with Crippen LogP contribution in [0.15, 0.2) is 56.8 Å². The fraction of sp³-hybridized carbons (Fsp3) is 0.125. The molecule has 3 aromatic rings. The van der Waals surface area contributed by atoms with Crippen LogP contribution in [0.25, 0.3) is 10.2 Å². The van der Waals surface area contributed by atoms with Crippen LogP contribution in [0.4, 0.5) is 0 Å². The molecule has 0 spiro atoms. The second-order valence-corrected chi connectivity index (χ2v) is 7.45. The van der Waals surface area contributed by atoms with E-state index in [1.165, 1.54) is 11.3 Å². The van der Waals surface area contributed by atoms with Crippen LogP contribution in [0.5, 0.6) is 0 Å². The normalized spacial score (nSPS) is 12.0. The van der Waals surface area contributed by atoms with E-state index in [0.717, 1.165) is 19.6 Å². The molecule has 2 aromatic carbocycles. The number of benzene rings is 2. The SMILES string of the molecule is CSc1ccccc1C(=O)N=c1sc2cc(Br)ccc2n1C. The quantitative estimate of drug-likeness (QED) is 0.603. The van der Waals surface area contributed by atoms with E-state index in [0.29, 0.717) is 10.4 Å². The van der Waals surface area contributed by atoms with Crippen molar-refractivity contribution in [2.75, 3.05) is 6.26 Å². The first-order valence-electron chi connectivity index (χ1n) is 6.57. The van der Waals surface area contributed by atoms with Gasteiger partial charge < -0.3 is 4.57 Å². The van der Waals surface area contributed by atoms with Crippen LogP contribution in [-0.4, -0.2) is 16.7 Å². The first kappa shape index (κ1) is 15.5. The minimum absolute atomic E-state index is 0.203.